The zero-order chi connectivity index (χ0) is 12.3. The fraction of sp³-hybridized carbons (Fsp3) is 0.462. The van der Waals surface area contributed by atoms with Crippen molar-refractivity contribution in [2.45, 2.75) is 30.2 Å². The van der Waals surface area contributed by atoms with Gasteiger partial charge in [-0.1, -0.05) is 18.2 Å². The Morgan fingerprint density at radius 3 is 3.12 bits per heavy atom. The van der Waals surface area contributed by atoms with Crippen LogP contribution in [0.1, 0.15) is 24.8 Å². The molecule has 2 unspecified atom stereocenters. The Morgan fingerprint density at radius 2 is 2.35 bits per heavy atom. The van der Waals surface area contributed by atoms with Gasteiger partial charge in [-0.2, -0.15) is 0 Å². The lowest BCUT2D eigenvalue weighted by atomic mass is 10.0. The minimum atomic E-state index is 0.00396. The van der Waals surface area contributed by atoms with E-state index in [1.54, 1.807) is 11.8 Å². The second-order valence-electron chi connectivity index (χ2n) is 4.46. The Morgan fingerprint density at radius 1 is 1.59 bits per heavy atom. The van der Waals surface area contributed by atoms with Crippen molar-refractivity contribution < 1.29 is 4.79 Å². The third kappa shape index (κ3) is 3.01. The van der Waals surface area contributed by atoms with Crippen LogP contribution in [-0.4, -0.2) is 24.2 Å². The van der Waals surface area contributed by atoms with Gasteiger partial charge >= 0.3 is 0 Å². The van der Waals surface area contributed by atoms with Gasteiger partial charge in [0.05, 0.1) is 5.92 Å². The third-order valence-corrected chi connectivity index (χ3v) is 4.10. The van der Waals surface area contributed by atoms with Gasteiger partial charge in [0.2, 0.25) is 5.91 Å². The second kappa shape index (κ2) is 5.56. The summed E-state index contributed by atoms with van der Waals surface area (Å²) in [6, 6.07) is 8.27. The Labute approximate surface area is 106 Å². The Balaban J connectivity index is 1.93. The predicted octanol–water partition coefficient (Wildman–Crippen LogP) is 1.73. The van der Waals surface area contributed by atoms with E-state index in [1.807, 2.05) is 25.1 Å². The van der Waals surface area contributed by atoms with Crippen molar-refractivity contribution in [3.05, 3.63) is 29.8 Å². The number of benzene rings is 1. The largest absolute Gasteiger partial charge is 0.355 e. The monoisotopic (exact) mass is 250 g/mol. The van der Waals surface area contributed by atoms with Crippen LogP contribution in [0.3, 0.4) is 0 Å². The maximum Gasteiger partial charge on any atom is 0.228 e. The van der Waals surface area contributed by atoms with Crippen LogP contribution in [0.4, 0.5) is 0 Å². The molecule has 0 aromatic heterocycles. The topological polar surface area (TPSA) is 55.1 Å². The third-order valence-electron chi connectivity index (χ3n) is 2.92. The Hall–Kier alpha value is -1.00. The minimum Gasteiger partial charge on any atom is -0.355 e. The highest BCUT2D eigenvalue weighted by Crippen LogP contribution is 2.39. The summed E-state index contributed by atoms with van der Waals surface area (Å²) in [5.74, 6) is 0.982. The van der Waals surface area contributed by atoms with Gasteiger partial charge < -0.3 is 11.1 Å². The zero-order valence-electron chi connectivity index (χ0n) is 9.98. The fourth-order valence-corrected chi connectivity index (χ4v) is 3.15. The molecule has 0 radical (unpaired) electrons. The first-order valence-electron chi connectivity index (χ1n) is 5.93. The van der Waals surface area contributed by atoms with Crippen molar-refractivity contribution in [2.24, 2.45) is 5.73 Å². The number of hydrogen-bond acceptors (Lipinski definition) is 3. The van der Waals surface area contributed by atoms with Crippen molar-refractivity contribution in [3.8, 4) is 0 Å². The maximum atomic E-state index is 12.0. The summed E-state index contributed by atoms with van der Waals surface area (Å²) in [5.41, 5.74) is 6.82. The molecule has 3 N–H and O–H groups in total. The van der Waals surface area contributed by atoms with Crippen molar-refractivity contribution in [3.63, 3.8) is 0 Å². The van der Waals surface area contributed by atoms with Crippen molar-refractivity contribution in [1.29, 1.82) is 0 Å². The minimum absolute atomic E-state index is 0.00396. The molecule has 2 rings (SSSR count). The second-order valence-corrected chi connectivity index (χ2v) is 5.52. The number of nitrogens with two attached hydrogens (primary N) is 1. The molecule has 0 spiro atoms. The molecule has 1 aromatic carbocycles. The number of fused-ring (bicyclic) bond motifs is 1. The standard InChI is InChI=1S/C13H18N2OS/c1-9(14)6-7-15-13(16)11-8-17-12-5-3-2-4-10(11)12/h2-5,9,11H,6-8,14H2,1H3,(H,15,16). The van der Waals surface area contributed by atoms with Crippen LogP contribution in [0.25, 0.3) is 0 Å². The maximum absolute atomic E-state index is 12.0. The molecule has 1 aromatic rings. The lowest BCUT2D eigenvalue weighted by Crippen LogP contribution is -2.32. The van der Waals surface area contributed by atoms with Gasteiger partial charge in [-0.3, -0.25) is 4.79 Å². The van der Waals surface area contributed by atoms with E-state index in [4.69, 9.17) is 5.73 Å². The lowest BCUT2D eigenvalue weighted by Gasteiger charge is -2.12. The van der Waals surface area contributed by atoms with Gasteiger partial charge in [-0.05, 0) is 25.0 Å². The molecule has 0 saturated heterocycles. The summed E-state index contributed by atoms with van der Waals surface area (Å²) >= 11 is 1.76. The molecule has 1 aliphatic rings. The normalized spacial score (nSPS) is 19.8. The molecule has 0 saturated carbocycles. The highest BCUT2D eigenvalue weighted by atomic mass is 32.2. The van der Waals surface area contributed by atoms with Gasteiger partial charge in [0.15, 0.2) is 0 Å². The Bertz CT molecular complexity index is 406. The molecule has 1 aliphatic heterocycles. The van der Waals surface area contributed by atoms with Crippen LogP contribution in [0.15, 0.2) is 29.2 Å². The van der Waals surface area contributed by atoms with E-state index in [-0.39, 0.29) is 17.9 Å². The van der Waals surface area contributed by atoms with E-state index >= 15 is 0 Å². The highest BCUT2D eigenvalue weighted by Gasteiger charge is 2.28. The quantitative estimate of drug-likeness (QED) is 0.855. The molecule has 0 bridgehead atoms. The molecule has 2 atom stereocenters. The molecule has 4 heteroatoms. The number of thioether (sulfide) groups is 1. The van der Waals surface area contributed by atoms with Crippen LogP contribution in [0.5, 0.6) is 0 Å². The Kier molecular flexibility index (Phi) is 4.07. The average molecular weight is 250 g/mol. The van der Waals surface area contributed by atoms with E-state index < -0.39 is 0 Å². The zero-order valence-corrected chi connectivity index (χ0v) is 10.8. The highest BCUT2D eigenvalue weighted by molar-refractivity contribution is 7.99. The summed E-state index contributed by atoms with van der Waals surface area (Å²) in [6.07, 6.45) is 0.827. The van der Waals surface area contributed by atoms with Crippen LogP contribution in [0.2, 0.25) is 0 Å². The van der Waals surface area contributed by atoms with E-state index in [2.05, 4.69) is 11.4 Å². The average Bonchev–Trinajstić information content (AvgIpc) is 2.72. The van der Waals surface area contributed by atoms with Crippen LogP contribution in [0, 0.1) is 0 Å². The van der Waals surface area contributed by atoms with Gasteiger partial charge in [0.1, 0.15) is 0 Å². The smallest absolute Gasteiger partial charge is 0.228 e. The molecule has 1 heterocycles. The van der Waals surface area contributed by atoms with Crippen molar-refractivity contribution >= 4 is 17.7 Å². The number of amides is 1. The molecule has 0 fully saturated rings. The molecule has 92 valence electrons. The number of hydrogen-bond donors (Lipinski definition) is 2. The van der Waals surface area contributed by atoms with Gasteiger partial charge in [-0.15, -0.1) is 11.8 Å². The fourth-order valence-electron chi connectivity index (χ4n) is 1.93. The first-order valence-corrected chi connectivity index (χ1v) is 6.92. The SMILES string of the molecule is CC(N)CCNC(=O)C1CSc2ccccc21. The van der Waals surface area contributed by atoms with Crippen LogP contribution < -0.4 is 11.1 Å². The van der Waals surface area contributed by atoms with E-state index in [0.29, 0.717) is 6.54 Å². The number of rotatable bonds is 4. The lowest BCUT2D eigenvalue weighted by molar-refractivity contribution is -0.122. The summed E-state index contributed by atoms with van der Waals surface area (Å²) in [7, 11) is 0. The molecule has 3 nitrogen and oxygen atoms in total. The van der Waals surface area contributed by atoms with Gasteiger partial charge in [0, 0.05) is 23.2 Å². The van der Waals surface area contributed by atoms with E-state index in [0.717, 1.165) is 17.7 Å². The van der Waals surface area contributed by atoms with Crippen LogP contribution >= 0.6 is 11.8 Å². The first kappa shape index (κ1) is 12.5. The summed E-state index contributed by atoms with van der Waals surface area (Å²) in [4.78, 5) is 13.3. The van der Waals surface area contributed by atoms with E-state index in [1.165, 1.54) is 4.90 Å². The van der Waals surface area contributed by atoms with E-state index in [9.17, 15) is 4.79 Å². The first-order chi connectivity index (χ1) is 8.18. The number of carbonyl (C=O) groups excluding carboxylic acids is 1. The van der Waals surface area contributed by atoms with Crippen molar-refractivity contribution in [2.75, 3.05) is 12.3 Å². The summed E-state index contributed by atoms with van der Waals surface area (Å²) in [5, 5.41) is 2.96. The van der Waals surface area contributed by atoms with Gasteiger partial charge in [-0.25, -0.2) is 0 Å². The number of carbonyl (C=O) groups is 1. The molecular weight excluding hydrogens is 232 g/mol. The molecule has 17 heavy (non-hydrogen) atoms. The molecular formula is C13H18N2OS. The summed E-state index contributed by atoms with van der Waals surface area (Å²) in [6.45, 7) is 2.62. The molecule has 0 aliphatic carbocycles. The summed E-state index contributed by atoms with van der Waals surface area (Å²) < 4.78 is 0. The molecule has 1 amide bonds. The predicted molar refractivity (Wildman–Crippen MR) is 71.2 cm³/mol. The van der Waals surface area contributed by atoms with Gasteiger partial charge in [0.25, 0.3) is 0 Å². The van der Waals surface area contributed by atoms with Crippen LogP contribution in [-0.2, 0) is 4.79 Å². The van der Waals surface area contributed by atoms with Crippen molar-refractivity contribution in [1.82, 2.24) is 5.32 Å². The number of nitrogens with one attached hydrogen (secondary N) is 1.